The fourth-order valence-electron chi connectivity index (χ4n) is 4.67. The Morgan fingerprint density at radius 3 is 2.19 bits per heavy atom. The highest BCUT2D eigenvalue weighted by Crippen LogP contribution is 2.24. The lowest BCUT2D eigenvalue weighted by Gasteiger charge is -2.33. The summed E-state index contributed by atoms with van der Waals surface area (Å²) in [5.74, 6) is 0.129. The molecule has 0 saturated carbocycles. The number of nitrogens with one attached hydrogen (secondary N) is 1. The number of rotatable bonds is 15. The number of anilines is 1. The molecule has 2 amide bonds. The normalized spacial score (nSPS) is 12.0. The average molecular weight is 594 g/mol. The second kappa shape index (κ2) is 15.4. The number of nitrogens with zero attached hydrogens (tertiary/aromatic N) is 2. The minimum Gasteiger partial charge on any atom is -0.497 e. The van der Waals surface area contributed by atoms with E-state index in [0.29, 0.717) is 18.0 Å². The van der Waals surface area contributed by atoms with Crippen molar-refractivity contribution in [2.24, 2.45) is 0 Å². The van der Waals surface area contributed by atoms with Crippen molar-refractivity contribution in [3.8, 4) is 5.75 Å². The van der Waals surface area contributed by atoms with Gasteiger partial charge in [0.15, 0.2) is 0 Å². The van der Waals surface area contributed by atoms with Crippen LogP contribution in [0.4, 0.5) is 5.69 Å². The number of methoxy groups -OCH3 is 1. The molecule has 8 nitrogen and oxygen atoms in total. The number of hydrogen-bond acceptors (Lipinski definition) is 5. The van der Waals surface area contributed by atoms with Crippen molar-refractivity contribution in [2.75, 3.05) is 30.8 Å². The Labute approximate surface area is 250 Å². The van der Waals surface area contributed by atoms with Gasteiger partial charge in [-0.1, -0.05) is 81.8 Å². The van der Waals surface area contributed by atoms with Gasteiger partial charge in [-0.05, 0) is 53.3 Å². The zero-order valence-corrected chi connectivity index (χ0v) is 26.1. The first kappa shape index (κ1) is 32.7. The van der Waals surface area contributed by atoms with Crippen LogP contribution in [-0.4, -0.2) is 57.6 Å². The van der Waals surface area contributed by atoms with E-state index < -0.39 is 28.5 Å². The Bertz CT molecular complexity index is 1410. The summed E-state index contributed by atoms with van der Waals surface area (Å²) in [6, 6.07) is 23.1. The number of carbonyl (C=O) groups is 2. The number of carbonyl (C=O) groups excluding carboxylic acids is 2. The fourth-order valence-corrected chi connectivity index (χ4v) is 5.52. The van der Waals surface area contributed by atoms with Crippen LogP contribution < -0.4 is 14.4 Å². The molecule has 42 heavy (non-hydrogen) atoms. The molecule has 0 spiro atoms. The molecule has 226 valence electrons. The zero-order valence-electron chi connectivity index (χ0n) is 25.2. The third kappa shape index (κ3) is 9.34. The maximum Gasteiger partial charge on any atom is 0.244 e. The first-order valence-corrected chi connectivity index (χ1v) is 16.2. The molecule has 0 aliphatic carbocycles. The quantitative estimate of drug-likeness (QED) is 0.246. The van der Waals surface area contributed by atoms with Gasteiger partial charge in [0, 0.05) is 19.5 Å². The maximum atomic E-state index is 14.2. The molecular formula is C33H43N3O5S. The van der Waals surface area contributed by atoms with E-state index in [9.17, 15) is 18.0 Å². The number of unbranched alkanes of at least 4 members (excludes halogenated alkanes) is 1. The van der Waals surface area contributed by atoms with Gasteiger partial charge in [0.05, 0.1) is 19.1 Å². The summed E-state index contributed by atoms with van der Waals surface area (Å²) in [6.07, 6.45) is 3.08. The number of ether oxygens (including phenoxy) is 1. The Hall–Kier alpha value is -3.85. The second-order valence-corrected chi connectivity index (χ2v) is 12.6. The number of hydrogen-bond donors (Lipinski definition) is 1. The highest BCUT2D eigenvalue weighted by molar-refractivity contribution is 7.92. The Kier molecular flexibility index (Phi) is 12.0. The summed E-state index contributed by atoms with van der Waals surface area (Å²) in [7, 11) is -2.25. The van der Waals surface area contributed by atoms with Gasteiger partial charge in [-0.25, -0.2) is 8.42 Å². The first-order chi connectivity index (χ1) is 20.0. The number of sulfonamides is 1. The van der Waals surface area contributed by atoms with Crippen molar-refractivity contribution in [2.45, 2.75) is 58.5 Å². The molecule has 1 unspecified atom stereocenters. The molecule has 1 N–H and O–H groups in total. The van der Waals surface area contributed by atoms with Crippen LogP contribution in [-0.2, 0) is 32.6 Å². The Balaban J connectivity index is 2.04. The zero-order chi connectivity index (χ0) is 30.7. The van der Waals surface area contributed by atoms with Crippen molar-refractivity contribution in [1.29, 1.82) is 0 Å². The van der Waals surface area contributed by atoms with Crippen molar-refractivity contribution in [3.05, 3.63) is 95.6 Å². The number of amides is 2. The standard InChI is InChI=1S/C33H43N3O5S/c1-6-7-20-34-33(38)31(22-26-12-9-8-10-13-26)35(23-27-14-11-15-30(21-27)41-4)32(37)24-36(42(5,39)40)29-18-16-28(17-19-29)25(2)3/h8-19,21,25,31H,6-7,20,22-24H2,1-5H3,(H,34,38). The van der Waals surface area contributed by atoms with E-state index >= 15 is 0 Å². The van der Waals surface area contributed by atoms with Gasteiger partial charge in [0.1, 0.15) is 18.3 Å². The highest BCUT2D eigenvalue weighted by atomic mass is 32.2. The lowest BCUT2D eigenvalue weighted by Crippen LogP contribution is -2.53. The largest absolute Gasteiger partial charge is 0.497 e. The third-order valence-electron chi connectivity index (χ3n) is 7.11. The topological polar surface area (TPSA) is 96.0 Å². The van der Waals surface area contributed by atoms with Crippen LogP contribution in [0.5, 0.6) is 5.75 Å². The van der Waals surface area contributed by atoms with Crippen molar-refractivity contribution in [1.82, 2.24) is 10.2 Å². The van der Waals surface area contributed by atoms with Gasteiger partial charge in [0.25, 0.3) is 0 Å². The third-order valence-corrected chi connectivity index (χ3v) is 8.26. The fraction of sp³-hybridized carbons (Fsp3) is 0.394. The van der Waals surface area contributed by atoms with Crippen molar-refractivity contribution >= 4 is 27.5 Å². The van der Waals surface area contributed by atoms with Gasteiger partial charge in [-0.2, -0.15) is 0 Å². The van der Waals surface area contributed by atoms with Crippen molar-refractivity contribution in [3.63, 3.8) is 0 Å². The molecule has 0 fully saturated rings. The van der Waals surface area contributed by atoms with Crippen LogP contribution in [0.15, 0.2) is 78.9 Å². The monoisotopic (exact) mass is 593 g/mol. The molecule has 0 aliphatic rings. The summed E-state index contributed by atoms with van der Waals surface area (Å²) in [6.45, 7) is 6.29. The van der Waals surface area contributed by atoms with E-state index in [4.69, 9.17) is 4.74 Å². The van der Waals surface area contributed by atoms with Crippen LogP contribution in [0.2, 0.25) is 0 Å². The SMILES string of the molecule is CCCCNC(=O)C(Cc1ccccc1)N(Cc1cccc(OC)c1)C(=O)CN(c1ccc(C(C)C)cc1)S(C)(=O)=O. The molecule has 0 aliphatic heterocycles. The molecule has 0 aromatic heterocycles. The molecule has 3 rings (SSSR count). The van der Waals surface area contributed by atoms with E-state index in [2.05, 4.69) is 19.2 Å². The van der Waals surface area contributed by atoms with Crippen LogP contribution in [0, 0.1) is 0 Å². The maximum absolute atomic E-state index is 14.2. The van der Waals surface area contributed by atoms with Crippen LogP contribution >= 0.6 is 0 Å². The minimum absolute atomic E-state index is 0.0959. The Morgan fingerprint density at radius 1 is 0.929 bits per heavy atom. The molecule has 3 aromatic rings. The Morgan fingerprint density at radius 2 is 1.60 bits per heavy atom. The van der Waals surface area contributed by atoms with Crippen LogP contribution in [0.3, 0.4) is 0 Å². The molecule has 0 bridgehead atoms. The molecule has 0 radical (unpaired) electrons. The molecule has 0 heterocycles. The van der Waals surface area contributed by atoms with E-state index in [-0.39, 0.29) is 24.8 Å². The lowest BCUT2D eigenvalue weighted by molar-refractivity contribution is -0.140. The molecular weight excluding hydrogens is 550 g/mol. The minimum atomic E-state index is -3.82. The van der Waals surface area contributed by atoms with E-state index in [1.165, 1.54) is 4.90 Å². The summed E-state index contributed by atoms with van der Waals surface area (Å²) in [4.78, 5) is 29.3. The number of benzene rings is 3. The van der Waals surface area contributed by atoms with Crippen molar-refractivity contribution < 1.29 is 22.7 Å². The molecule has 1 atom stereocenters. The summed E-state index contributed by atoms with van der Waals surface area (Å²) in [5.41, 5.74) is 3.10. The molecule has 0 saturated heterocycles. The predicted octanol–water partition coefficient (Wildman–Crippen LogP) is 5.14. The predicted molar refractivity (Wildman–Crippen MR) is 168 cm³/mol. The van der Waals surface area contributed by atoms with E-state index in [1.807, 2.05) is 67.6 Å². The van der Waals surface area contributed by atoms with E-state index in [1.54, 1.807) is 25.3 Å². The van der Waals surface area contributed by atoms with Gasteiger partial charge in [0.2, 0.25) is 21.8 Å². The van der Waals surface area contributed by atoms with Gasteiger partial charge < -0.3 is 15.0 Å². The van der Waals surface area contributed by atoms with Gasteiger partial charge in [-0.15, -0.1) is 0 Å². The van der Waals surface area contributed by atoms with Crippen LogP contribution in [0.25, 0.3) is 0 Å². The van der Waals surface area contributed by atoms with Gasteiger partial charge in [-0.3, -0.25) is 13.9 Å². The average Bonchev–Trinajstić information content (AvgIpc) is 2.97. The van der Waals surface area contributed by atoms with Gasteiger partial charge >= 0.3 is 0 Å². The lowest BCUT2D eigenvalue weighted by atomic mass is 10.0. The smallest absolute Gasteiger partial charge is 0.244 e. The molecule has 3 aromatic carbocycles. The first-order valence-electron chi connectivity index (χ1n) is 14.3. The van der Waals surface area contributed by atoms with E-state index in [0.717, 1.165) is 40.1 Å². The summed E-state index contributed by atoms with van der Waals surface area (Å²) < 4.78 is 32.5. The highest BCUT2D eigenvalue weighted by Gasteiger charge is 2.33. The second-order valence-electron chi connectivity index (χ2n) is 10.7. The summed E-state index contributed by atoms with van der Waals surface area (Å²) in [5, 5.41) is 2.99. The summed E-state index contributed by atoms with van der Waals surface area (Å²) >= 11 is 0. The van der Waals surface area contributed by atoms with Crippen LogP contribution in [0.1, 0.15) is 56.2 Å². The molecule has 9 heteroatoms.